The highest BCUT2D eigenvalue weighted by molar-refractivity contribution is 5.94. The first kappa shape index (κ1) is 35.4. The van der Waals surface area contributed by atoms with E-state index in [0.29, 0.717) is 67.1 Å². The van der Waals surface area contributed by atoms with E-state index in [0.717, 1.165) is 13.0 Å². The van der Waals surface area contributed by atoms with Gasteiger partial charge in [0.2, 0.25) is 17.7 Å². The van der Waals surface area contributed by atoms with Crippen LogP contribution in [0.1, 0.15) is 57.1 Å². The van der Waals surface area contributed by atoms with Crippen molar-refractivity contribution in [1.29, 1.82) is 0 Å². The van der Waals surface area contributed by atoms with Crippen LogP contribution in [0.4, 0.5) is 17.1 Å². The van der Waals surface area contributed by atoms with Gasteiger partial charge in [-0.3, -0.25) is 19.3 Å². The molecule has 1 aliphatic rings. The standard InChI is InChI=1S/C37H49N5O5/c1-26-22-42(27(2)25-43)37(46)21-29-20-30(18-19-33(29)47-34(26)24-41(3)23-28-12-6-4-7-13-28)39-35(44)16-8-5-9-17-36(45)40-32-15-11-10-14-31(32)38/h4,6-7,10-15,18-20,26-27,34,43H,5,8-9,16-17,21-25,38H2,1-3H3,(H,39,44)(H,40,45)/t26-,27+,34-/m1/s1. The van der Waals surface area contributed by atoms with Crippen LogP contribution in [-0.4, -0.2) is 71.5 Å². The fourth-order valence-corrected chi connectivity index (χ4v) is 5.79. The molecular weight excluding hydrogens is 594 g/mol. The fraction of sp³-hybridized carbons (Fsp3) is 0.432. The van der Waals surface area contributed by atoms with Crippen LogP contribution in [0.15, 0.2) is 72.8 Å². The average molecular weight is 644 g/mol. The molecule has 0 saturated heterocycles. The van der Waals surface area contributed by atoms with Crippen LogP contribution in [0.25, 0.3) is 0 Å². The molecule has 3 aromatic carbocycles. The van der Waals surface area contributed by atoms with Gasteiger partial charge in [0.1, 0.15) is 11.9 Å². The Morgan fingerprint density at radius 2 is 1.68 bits per heavy atom. The van der Waals surface area contributed by atoms with Crippen molar-refractivity contribution in [2.24, 2.45) is 5.92 Å². The molecule has 10 heteroatoms. The molecular formula is C37H49N5O5. The van der Waals surface area contributed by atoms with Gasteiger partial charge < -0.3 is 31.1 Å². The molecule has 0 bridgehead atoms. The molecule has 0 spiro atoms. The van der Waals surface area contributed by atoms with Gasteiger partial charge in [-0.2, -0.15) is 0 Å². The minimum Gasteiger partial charge on any atom is -0.488 e. The summed E-state index contributed by atoms with van der Waals surface area (Å²) in [5.74, 6) is 0.289. The first-order valence-electron chi connectivity index (χ1n) is 16.5. The molecule has 5 N–H and O–H groups in total. The summed E-state index contributed by atoms with van der Waals surface area (Å²) in [5, 5.41) is 15.7. The molecule has 0 aromatic heterocycles. The van der Waals surface area contributed by atoms with E-state index in [4.69, 9.17) is 10.5 Å². The van der Waals surface area contributed by atoms with Gasteiger partial charge in [-0.25, -0.2) is 0 Å². The van der Waals surface area contributed by atoms with Crippen LogP contribution in [0.5, 0.6) is 5.75 Å². The molecule has 3 aromatic rings. The van der Waals surface area contributed by atoms with Gasteiger partial charge in [-0.1, -0.05) is 55.8 Å². The zero-order valence-electron chi connectivity index (χ0n) is 27.8. The number of rotatable bonds is 14. The molecule has 3 amide bonds. The molecule has 4 rings (SSSR count). The van der Waals surface area contributed by atoms with Gasteiger partial charge in [0.25, 0.3) is 0 Å². The molecule has 252 valence electrons. The third-order valence-corrected chi connectivity index (χ3v) is 8.53. The first-order chi connectivity index (χ1) is 22.6. The molecule has 0 aliphatic carbocycles. The lowest BCUT2D eigenvalue weighted by Crippen LogP contribution is -2.47. The summed E-state index contributed by atoms with van der Waals surface area (Å²) < 4.78 is 6.63. The Morgan fingerprint density at radius 3 is 2.38 bits per heavy atom. The topological polar surface area (TPSA) is 137 Å². The van der Waals surface area contributed by atoms with Gasteiger partial charge in [-0.05, 0) is 62.7 Å². The maximum atomic E-state index is 13.5. The second kappa shape index (κ2) is 17.5. The number of nitrogens with two attached hydrogens (primary N) is 1. The highest BCUT2D eigenvalue weighted by Crippen LogP contribution is 2.29. The van der Waals surface area contributed by atoms with Gasteiger partial charge in [0.15, 0.2) is 0 Å². The van der Waals surface area contributed by atoms with E-state index in [-0.39, 0.29) is 48.8 Å². The van der Waals surface area contributed by atoms with E-state index in [1.165, 1.54) is 5.56 Å². The number of aliphatic hydroxyl groups is 1. The van der Waals surface area contributed by atoms with Crippen molar-refractivity contribution in [2.75, 3.05) is 43.1 Å². The number of likely N-dealkylation sites (N-methyl/N-ethyl adjacent to an activating group) is 1. The Balaban J connectivity index is 1.36. The third kappa shape index (κ3) is 10.8. The number of carbonyl (C=O) groups excluding carboxylic acids is 3. The highest BCUT2D eigenvalue weighted by Gasteiger charge is 2.31. The number of hydrogen-bond acceptors (Lipinski definition) is 7. The van der Waals surface area contributed by atoms with Gasteiger partial charge in [0, 0.05) is 49.6 Å². The Bertz CT molecular complexity index is 1480. The van der Waals surface area contributed by atoms with Crippen molar-refractivity contribution in [1.82, 2.24) is 9.80 Å². The number of unbranched alkanes of at least 4 members (excludes halogenated alkanes) is 2. The first-order valence-corrected chi connectivity index (χ1v) is 16.5. The Morgan fingerprint density at radius 1 is 1.00 bits per heavy atom. The number of hydrogen-bond donors (Lipinski definition) is 4. The lowest BCUT2D eigenvalue weighted by Gasteiger charge is -2.34. The van der Waals surface area contributed by atoms with Crippen LogP contribution >= 0.6 is 0 Å². The Hall–Kier alpha value is -4.41. The smallest absolute Gasteiger partial charge is 0.227 e. The Kier molecular flexibility index (Phi) is 13.2. The molecule has 3 atom stereocenters. The van der Waals surface area contributed by atoms with Crippen LogP contribution in [0.3, 0.4) is 0 Å². The van der Waals surface area contributed by atoms with E-state index in [1.54, 1.807) is 17.0 Å². The molecule has 1 aliphatic heterocycles. The van der Waals surface area contributed by atoms with Crippen LogP contribution in [0, 0.1) is 5.92 Å². The predicted octanol–water partition coefficient (Wildman–Crippen LogP) is 5.08. The van der Waals surface area contributed by atoms with Crippen molar-refractivity contribution in [3.63, 3.8) is 0 Å². The lowest BCUT2D eigenvalue weighted by molar-refractivity contribution is -0.134. The van der Waals surface area contributed by atoms with E-state index in [1.807, 2.05) is 55.5 Å². The molecule has 0 unspecified atom stereocenters. The SMILES string of the molecule is C[C@@H]1CN([C@@H](C)CO)C(=O)Cc2cc(NC(=O)CCCCCC(=O)Nc3ccccc3N)ccc2O[C@@H]1CN(C)Cc1ccccc1. The number of anilines is 3. The number of amides is 3. The molecule has 0 fully saturated rings. The summed E-state index contributed by atoms with van der Waals surface area (Å²) in [4.78, 5) is 42.5. The number of nitrogen functional groups attached to an aromatic ring is 1. The van der Waals surface area contributed by atoms with Crippen molar-refractivity contribution >= 4 is 34.8 Å². The zero-order chi connectivity index (χ0) is 33.8. The second-order valence-electron chi connectivity index (χ2n) is 12.6. The van der Waals surface area contributed by atoms with E-state index in [2.05, 4.69) is 41.6 Å². The zero-order valence-corrected chi connectivity index (χ0v) is 27.8. The predicted molar refractivity (Wildman–Crippen MR) is 186 cm³/mol. The monoisotopic (exact) mass is 643 g/mol. The summed E-state index contributed by atoms with van der Waals surface area (Å²) in [6, 6.07) is 22.5. The highest BCUT2D eigenvalue weighted by atomic mass is 16.5. The number of para-hydroxylation sites is 2. The number of nitrogens with zero attached hydrogens (tertiary/aromatic N) is 2. The maximum absolute atomic E-state index is 13.5. The lowest BCUT2D eigenvalue weighted by atomic mass is 10.0. The van der Waals surface area contributed by atoms with Crippen molar-refractivity contribution < 1.29 is 24.2 Å². The number of aliphatic hydroxyl groups excluding tert-OH is 1. The van der Waals surface area contributed by atoms with Crippen LogP contribution < -0.4 is 21.1 Å². The van der Waals surface area contributed by atoms with E-state index >= 15 is 0 Å². The number of fused-ring (bicyclic) bond motifs is 1. The fourth-order valence-electron chi connectivity index (χ4n) is 5.79. The summed E-state index contributed by atoms with van der Waals surface area (Å²) >= 11 is 0. The quantitative estimate of drug-likeness (QED) is 0.142. The maximum Gasteiger partial charge on any atom is 0.227 e. The second-order valence-corrected chi connectivity index (χ2v) is 12.6. The number of benzene rings is 3. The van der Waals surface area contributed by atoms with Crippen molar-refractivity contribution in [2.45, 2.75) is 71.1 Å². The summed E-state index contributed by atoms with van der Waals surface area (Å²) in [6.07, 6.45) is 2.58. The molecule has 0 radical (unpaired) electrons. The van der Waals surface area contributed by atoms with Crippen molar-refractivity contribution in [3.8, 4) is 5.75 Å². The molecule has 10 nitrogen and oxygen atoms in total. The molecule has 0 saturated carbocycles. The van der Waals surface area contributed by atoms with Crippen LogP contribution in [0.2, 0.25) is 0 Å². The van der Waals surface area contributed by atoms with Gasteiger partial charge in [-0.15, -0.1) is 0 Å². The Labute approximate surface area is 278 Å². The van der Waals surface area contributed by atoms with Crippen molar-refractivity contribution in [3.05, 3.63) is 83.9 Å². The third-order valence-electron chi connectivity index (χ3n) is 8.53. The number of ether oxygens (including phenoxy) is 1. The summed E-state index contributed by atoms with van der Waals surface area (Å²) in [6.45, 7) is 5.67. The minimum atomic E-state index is -0.334. The largest absolute Gasteiger partial charge is 0.488 e. The van der Waals surface area contributed by atoms with Crippen LogP contribution in [-0.2, 0) is 27.3 Å². The summed E-state index contributed by atoms with van der Waals surface area (Å²) in [5.41, 5.74) is 9.51. The number of nitrogens with one attached hydrogen (secondary N) is 2. The summed E-state index contributed by atoms with van der Waals surface area (Å²) in [7, 11) is 2.06. The van der Waals surface area contributed by atoms with Gasteiger partial charge in [0.05, 0.1) is 30.4 Å². The normalized spacial score (nSPS) is 17.1. The van der Waals surface area contributed by atoms with E-state index in [9.17, 15) is 19.5 Å². The number of carbonyl (C=O) groups is 3. The van der Waals surface area contributed by atoms with E-state index < -0.39 is 0 Å². The van der Waals surface area contributed by atoms with Gasteiger partial charge >= 0.3 is 0 Å². The average Bonchev–Trinajstić information content (AvgIpc) is 3.09. The molecule has 1 heterocycles. The molecule has 47 heavy (non-hydrogen) atoms. The minimum absolute atomic E-state index is 0.000880.